The summed E-state index contributed by atoms with van der Waals surface area (Å²) in [5.74, 6) is -1.07. The number of unbranched alkanes of at least 4 members (excludes halogenated alkanes) is 1. The van der Waals surface area contributed by atoms with Crippen molar-refractivity contribution in [1.82, 2.24) is 0 Å². The smallest absolute Gasteiger partial charge is 0.339 e. The molecule has 1 aromatic rings. The Kier molecular flexibility index (Phi) is 8.24. The van der Waals surface area contributed by atoms with Crippen molar-refractivity contribution in [2.45, 2.75) is 33.1 Å². The van der Waals surface area contributed by atoms with E-state index >= 15 is 0 Å². The number of hydrogen-bond acceptors (Lipinski definition) is 5. The van der Waals surface area contributed by atoms with Gasteiger partial charge in [-0.2, -0.15) is 0 Å². The first kappa shape index (κ1) is 18.5. The summed E-state index contributed by atoms with van der Waals surface area (Å²) in [5.41, 5.74) is 9.57. The first-order valence-corrected chi connectivity index (χ1v) is 7.62. The van der Waals surface area contributed by atoms with Crippen LogP contribution in [-0.4, -0.2) is 31.7 Å². The topological polar surface area (TPSA) is 101 Å². The van der Waals surface area contributed by atoms with Crippen LogP contribution in [-0.2, 0) is 15.9 Å². The minimum Gasteiger partial charge on any atom is -0.462 e. The van der Waals surface area contributed by atoms with Gasteiger partial charge < -0.3 is 9.47 Å². The number of nitrogens with zero attached hydrogens (tertiary/aromatic N) is 3. The second kappa shape index (κ2) is 10.2. The van der Waals surface area contributed by atoms with Crippen LogP contribution < -0.4 is 0 Å². The number of hydrogen-bond donors (Lipinski definition) is 0. The van der Waals surface area contributed by atoms with E-state index in [0.29, 0.717) is 6.54 Å². The molecule has 0 fully saturated rings. The number of carbonyl (C=O) groups excluding carboxylic acids is 2. The predicted molar refractivity (Wildman–Crippen MR) is 85.3 cm³/mol. The molecule has 0 aromatic heterocycles. The van der Waals surface area contributed by atoms with Gasteiger partial charge in [-0.1, -0.05) is 11.2 Å². The van der Waals surface area contributed by atoms with Crippen LogP contribution in [0.4, 0.5) is 0 Å². The Balaban J connectivity index is 2.90. The molecule has 0 heterocycles. The average Bonchev–Trinajstić information content (AvgIpc) is 2.55. The molecule has 0 aliphatic carbocycles. The van der Waals surface area contributed by atoms with E-state index in [0.717, 1.165) is 24.8 Å². The van der Waals surface area contributed by atoms with E-state index < -0.39 is 11.9 Å². The third-order valence-electron chi connectivity index (χ3n) is 3.11. The molecule has 0 atom stereocenters. The molecule has 0 aliphatic rings. The summed E-state index contributed by atoms with van der Waals surface area (Å²) in [6.07, 6.45) is 2.30. The summed E-state index contributed by atoms with van der Waals surface area (Å²) in [4.78, 5) is 26.7. The molecule has 1 rings (SSSR count). The molecule has 0 unspecified atom stereocenters. The van der Waals surface area contributed by atoms with Crippen LogP contribution in [0.2, 0.25) is 0 Å². The fourth-order valence-electron chi connectivity index (χ4n) is 2.07. The molecule has 0 aliphatic heterocycles. The fourth-order valence-corrected chi connectivity index (χ4v) is 2.07. The number of aryl methyl sites for hydroxylation is 1. The summed E-state index contributed by atoms with van der Waals surface area (Å²) in [6, 6.07) is 5.05. The van der Waals surface area contributed by atoms with Crippen molar-refractivity contribution in [3.8, 4) is 0 Å². The summed E-state index contributed by atoms with van der Waals surface area (Å²) in [7, 11) is 0. The van der Waals surface area contributed by atoms with Crippen molar-refractivity contribution in [2.75, 3.05) is 19.8 Å². The van der Waals surface area contributed by atoms with Crippen LogP contribution in [0.25, 0.3) is 10.4 Å². The van der Waals surface area contributed by atoms with Gasteiger partial charge >= 0.3 is 11.9 Å². The number of rotatable bonds is 9. The second-order valence-electron chi connectivity index (χ2n) is 4.73. The Bertz CT molecular complexity index is 595. The molecule has 1 aromatic carbocycles. The molecule has 0 bridgehead atoms. The maximum atomic E-state index is 12.1. The lowest BCUT2D eigenvalue weighted by atomic mass is 10.0. The Hall–Kier alpha value is -2.53. The number of benzene rings is 1. The number of carbonyl (C=O) groups is 2. The highest BCUT2D eigenvalue weighted by Gasteiger charge is 2.19. The fraction of sp³-hybridized carbons (Fsp3) is 0.500. The predicted octanol–water partition coefficient (Wildman–Crippen LogP) is 3.67. The van der Waals surface area contributed by atoms with Gasteiger partial charge in [0, 0.05) is 11.5 Å². The zero-order valence-corrected chi connectivity index (χ0v) is 13.4. The zero-order chi connectivity index (χ0) is 17.1. The van der Waals surface area contributed by atoms with Crippen molar-refractivity contribution in [3.63, 3.8) is 0 Å². The van der Waals surface area contributed by atoms with Gasteiger partial charge in [-0.15, -0.1) is 0 Å². The Morgan fingerprint density at radius 2 is 1.74 bits per heavy atom. The maximum absolute atomic E-state index is 12.1. The van der Waals surface area contributed by atoms with Crippen LogP contribution in [0, 0.1) is 0 Å². The summed E-state index contributed by atoms with van der Waals surface area (Å²) in [6.45, 7) is 4.34. The van der Waals surface area contributed by atoms with Crippen molar-refractivity contribution in [3.05, 3.63) is 45.3 Å². The Morgan fingerprint density at radius 3 is 2.35 bits per heavy atom. The summed E-state index contributed by atoms with van der Waals surface area (Å²) in [5, 5.41) is 3.48. The van der Waals surface area contributed by atoms with Crippen molar-refractivity contribution >= 4 is 11.9 Å². The monoisotopic (exact) mass is 319 g/mol. The quantitative estimate of drug-likeness (QED) is 0.228. The molecule has 0 N–H and O–H groups in total. The highest BCUT2D eigenvalue weighted by Crippen LogP contribution is 2.17. The van der Waals surface area contributed by atoms with Crippen LogP contribution in [0.3, 0.4) is 0 Å². The number of azide groups is 1. The lowest BCUT2D eigenvalue weighted by Crippen LogP contribution is -2.14. The highest BCUT2D eigenvalue weighted by atomic mass is 16.5. The third-order valence-corrected chi connectivity index (χ3v) is 3.11. The minimum absolute atomic E-state index is 0.211. The summed E-state index contributed by atoms with van der Waals surface area (Å²) >= 11 is 0. The molecule has 0 radical (unpaired) electrons. The molecule has 0 saturated carbocycles. The molecular formula is C16H21N3O4. The largest absolute Gasteiger partial charge is 0.462 e. The first-order valence-electron chi connectivity index (χ1n) is 7.62. The SMILES string of the molecule is CCOC(=O)c1ccc(CCCCN=[N+]=[N-])cc1C(=O)OCC. The van der Waals surface area contributed by atoms with Gasteiger partial charge in [-0.25, -0.2) is 9.59 Å². The molecule has 0 saturated heterocycles. The standard InChI is InChI=1S/C16H21N3O4/c1-3-22-15(20)13-9-8-12(7-5-6-10-18-19-17)11-14(13)16(21)23-4-2/h8-9,11H,3-7,10H2,1-2H3. The van der Waals surface area contributed by atoms with Gasteiger partial charge in [0.15, 0.2) is 0 Å². The van der Waals surface area contributed by atoms with E-state index in [4.69, 9.17) is 15.0 Å². The van der Waals surface area contributed by atoms with Crippen LogP contribution >= 0.6 is 0 Å². The Labute approximate surface area is 135 Å². The second-order valence-corrected chi connectivity index (χ2v) is 4.73. The van der Waals surface area contributed by atoms with Gasteiger partial charge in [0.1, 0.15) is 0 Å². The first-order chi connectivity index (χ1) is 11.1. The van der Waals surface area contributed by atoms with E-state index in [1.165, 1.54) is 0 Å². The molecular weight excluding hydrogens is 298 g/mol. The van der Waals surface area contributed by atoms with Crippen molar-refractivity contribution < 1.29 is 19.1 Å². The van der Waals surface area contributed by atoms with Gasteiger partial charge in [0.2, 0.25) is 0 Å². The summed E-state index contributed by atoms with van der Waals surface area (Å²) < 4.78 is 9.98. The minimum atomic E-state index is -0.537. The van der Waals surface area contributed by atoms with Crippen LogP contribution in [0.15, 0.2) is 23.3 Å². The van der Waals surface area contributed by atoms with Gasteiger partial charge in [0.05, 0.1) is 24.3 Å². The van der Waals surface area contributed by atoms with E-state index in [-0.39, 0.29) is 24.3 Å². The lowest BCUT2D eigenvalue weighted by Gasteiger charge is -2.10. The van der Waals surface area contributed by atoms with Crippen molar-refractivity contribution in [2.24, 2.45) is 5.11 Å². The Morgan fingerprint density at radius 1 is 1.09 bits per heavy atom. The van der Waals surface area contributed by atoms with Gasteiger partial charge in [-0.3, -0.25) is 0 Å². The zero-order valence-electron chi connectivity index (χ0n) is 13.4. The van der Waals surface area contributed by atoms with Crippen LogP contribution in [0.5, 0.6) is 0 Å². The van der Waals surface area contributed by atoms with Gasteiger partial charge in [0.25, 0.3) is 0 Å². The van der Waals surface area contributed by atoms with Crippen molar-refractivity contribution in [1.29, 1.82) is 0 Å². The number of ether oxygens (including phenoxy) is 2. The molecule has 124 valence electrons. The van der Waals surface area contributed by atoms with E-state index in [1.54, 1.807) is 32.0 Å². The highest BCUT2D eigenvalue weighted by molar-refractivity contribution is 6.03. The van der Waals surface area contributed by atoms with E-state index in [2.05, 4.69) is 10.0 Å². The molecule has 7 nitrogen and oxygen atoms in total. The van der Waals surface area contributed by atoms with E-state index in [1.807, 2.05) is 0 Å². The van der Waals surface area contributed by atoms with E-state index in [9.17, 15) is 9.59 Å². The van der Waals surface area contributed by atoms with Crippen LogP contribution in [0.1, 0.15) is 53.0 Å². The number of esters is 2. The molecule has 23 heavy (non-hydrogen) atoms. The van der Waals surface area contributed by atoms with Gasteiger partial charge in [-0.05, 0) is 56.3 Å². The normalized spacial score (nSPS) is 9.83. The molecule has 0 spiro atoms. The third kappa shape index (κ3) is 6.00. The lowest BCUT2D eigenvalue weighted by molar-refractivity contribution is 0.0479. The maximum Gasteiger partial charge on any atom is 0.339 e. The average molecular weight is 319 g/mol. The molecule has 0 amide bonds. The molecule has 7 heteroatoms.